The van der Waals surface area contributed by atoms with Gasteiger partial charge in [-0.2, -0.15) is 4.31 Å². The van der Waals surface area contributed by atoms with Crippen LogP contribution >= 0.6 is 0 Å². The number of H-pyrrole nitrogens is 1. The van der Waals surface area contributed by atoms with E-state index >= 15 is 0 Å². The van der Waals surface area contributed by atoms with E-state index in [9.17, 15) is 13.2 Å². The Morgan fingerprint density at radius 1 is 1.28 bits per heavy atom. The van der Waals surface area contributed by atoms with Gasteiger partial charge < -0.3 is 14.5 Å². The minimum atomic E-state index is -3.60. The molecule has 0 radical (unpaired) electrons. The van der Waals surface area contributed by atoms with Crippen molar-refractivity contribution in [3.05, 3.63) is 18.0 Å². The van der Waals surface area contributed by atoms with E-state index in [1.165, 1.54) is 35.8 Å². The Labute approximate surface area is 147 Å². The molecule has 138 valence electrons. The normalized spacial score (nSPS) is 29.8. The highest BCUT2D eigenvalue weighted by molar-refractivity contribution is 7.89. The van der Waals surface area contributed by atoms with Gasteiger partial charge in [-0.3, -0.25) is 0 Å². The lowest BCUT2D eigenvalue weighted by atomic mass is 9.90. The summed E-state index contributed by atoms with van der Waals surface area (Å²) in [6.45, 7) is 1.88. The molecule has 8 heteroatoms. The fourth-order valence-corrected chi connectivity index (χ4v) is 5.82. The van der Waals surface area contributed by atoms with Crippen molar-refractivity contribution in [3.63, 3.8) is 0 Å². The molecule has 0 spiro atoms. The number of esters is 1. The number of morpholine rings is 1. The Kier molecular flexibility index (Phi) is 4.59. The number of sulfonamides is 1. The van der Waals surface area contributed by atoms with Crippen molar-refractivity contribution >= 4 is 16.0 Å². The Balaban J connectivity index is 1.37. The third-order valence-corrected chi connectivity index (χ3v) is 7.67. The fourth-order valence-electron chi connectivity index (χ4n) is 4.42. The Morgan fingerprint density at radius 2 is 2.08 bits per heavy atom. The number of hydrogen-bond acceptors (Lipinski definition) is 5. The molecule has 1 aromatic rings. The maximum Gasteiger partial charge on any atom is 0.354 e. The van der Waals surface area contributed by atoms with E-state index in [4.69, 9.17) is 9.47 Å². The average Bonchev–Trinajstić information content (AvgIpc) is 3.36. The van der Waals surface area contributed by atoms with Crippen molar-refractivity contribution in [2.75, 3.05) is 32.9 Å². The van der Waals surface area contributed by atoms with Crippen LogP contribution in [-0.4, -0.2) is 56.6 Å². The lowest BCUT2D eigenvalue weighted by Crippen LogP contribution is -2.40. The standard InChI is InChI=1S/C17H24N2O5S/c20-17(24-11-14-8-12-1-2-13(14)7-12)16-9-15(10-18-16)25(21,22)19-3-5-23-6-4-19/h9-10,12-14,18H,1-8,11H2/t12-,13-,14-/m0/s1. The summed E-state index contributed by atoms with van der Waals surface area (Å²) < 4.78 is 37.2. The molecule has 3 fully saturated rings. The summed E-state index contributed by atoms with van der Waals surface area (Å²) in [7, 11) is -3.60. The second-order valence-corrected chi connectivity index (χ2v) is 9.24. The van der Waals surface area contributed by atoms with Crippen LogP contribution in [0.15, 0.2) is 17.2 Å². The van der Waals surface area contributed by atoms with Crippen molar-refractivity contribution < 1.29 is 22.7 Å². The molecule has 4 rings (SSSR count). The van der Waals surface area contributed by atoms with Crippen LogP contribution in [0.5, 0.6) is 0 Å². The van der Waals surface area contributed by atoms with Crippen molar-refractivity contribution in [2.24, 2.45) is 17.8 Å². The number of ether oxygens (including phenoxy) is 2. The summed E-state index contributed by atoms with van der Waals surface area (Å²) in [6.07, 6.45) is 6.34. The fraction of sp³-hybridized carbons (Fsp3) is 0.706. The first-order valence-corrected chi connectivity index (χ1v) is 10.4. The van der Waals surface area contributed by atoms with Gasteiger partial charge in [0.25, 0.3) is 0 Å². The van der Waals surface area contributed by atoms with Crippen LogP contribution in [0, 0.1) is 17.8 Å². The minimum absolute atomic E-state index is 0.0984. The maximum atomic E-state index is 12.6. The number of carbonyl (C=O) groups is 1. The molecule has 7 nitrogen and oxygen atoms in total. The molecule has 0 amide bonds. The number of rotatable bonds is 5. The predicted octanol–water partition coefficient (Wildman–Crippen LogP) is 1.63. The van der Waals surface area contributed by atoms with Crippen LogP contribution in [-0.2, 0) is 19.5 Å². The number of nitrogens with one attached hydrogen (secondary N) is 1. The minimum Gasteiger partial charge on any atom is -0.461 e. The molecule has 0 unspecified atom stereocenters. The molecule has 2 saturated carbocycles. The van der Waals surface area contributed by atoms with Gasteiger partial charge in [-0.15, -0.1) is 0 Å². The summed E-state index contributed by atoms with van der Waals surface area (Å²) in [6, 6.07) is 1.37. The quantitative estimate of drug-likeness (QED) is 0.798. The molecule has 1 aliphatic heterocycles. The molecular formula is C17H24N2O5S. The van der Waals surface area contributed by atoms with E-state index in [0.29, 0.717) is 44.7 Å². The van der Waals surface area contributed by atoms with Gasteiger partial charge >= 0.3 is 5.97 Å². The van der Waals surface area contributed by atoms with Crippen LogP contribution in [0.25, 0.3) is 0 Å². The predicted molar refractivity (Wildman–Crippen MR) is 89.6 cm³/mol. The Bertz CT molecular complexity index is 738. The van der Waals surface area contributed by atoms with E-state index in [1.807, 2.05) is 0 Å². The first kappa shape index (κ1) is 17.1. The lowest BCUT2D eigenvalue weighted by Gasteiger charge is -2.25. The largest absolute Gasteiger partial charge is 0.461 e. The molecule has 2 aliphatic carbocycles. The summed E-state index contributed by atoms with van der Waals surface area (Å²) >= 11 is 0. The number of nitrogens with zero attached hydrogens (tertiary/aromatic N) is 1. The molecule has 2 heterocycles. The van der Waals surface area contributed by atoms with Gasteiger partial charge in [0.15, 0.2) is 0 Å². The number of aromatic amines is 1. The van der Waals surface area contributed by atoms with Crippen molar-refractivity contribution in [1.29, 1.82) is 0 Å². The van der Waals surface area contributed by atoms with E-state index in [0.717, 1.165) is 12.3 Å². The van der Waals surface area contributed by atoms with Crippen molar-refractivity contribution in [1.82, 2.24) is 9.29 Å². The van der Waals surface area contributed by atoms with Crippen LogP contribution in [0.2, 0.25) is 0 Å². The van der Waals surface area contributed by atoms with Crippen LogP contribution in [0.4, 0.5) is 0 Å². The molecule has 3 aliphatic rings. The van der Waals surface area contributed by atoms with Gasteiger partial charge in [0.1, 0.15) is 10.6 Å². The van der Waals surface area contributed by atoms with Crippen LogP contribution in [0.3, 0.4) is 0 Å². The van der Waals surface area contributed by atoms with Gasteiger partial charge in [-0.1, -0.05) is 6.42 Å². The lowest BCUT2D eigenvalue weighted by molar-refractivity contribution is 0.0388. The van der Waals surface area contributed by atoms with Gasteiger partial charge in [-0.05, 0) is 43.1 Å². The van der Waals surface area contributed by atoms with E-state index in [1.54, 1.807) is 0 Å². The maximum absolute atomic E-state index is 12.6. The molecule has 2 bridgehead atoms. The zero-order valence-corrected chi connectivity index (χ0v) is 15.0. The first-order valence-electron chi connectivity index (χ1n) is 8.97. The summed E-state index contributed by atoms with van der Waals surface area (Å²) in [4.78, 5) is 15.1. The summed E-state index contributed by atoms with van der Waals surface area (Å²) in [5.41, 5.74) is 0.190. The molecule has 1 N–H and O–H groups in total. The second-order valence-electron chi connectivity index (χ2n) is 7.30. The molecule has 3 atom stereocenters. The SMILES string of the molecule is O=C(OC[C@@H]1C[C@H]2CC[C@H]1C2)c1cc(S(=O)(=O)N2CCOCC2)c[nH]1. The number of carbonyl (C=O) groups excluding carboxylic acids is 1. The molecule has 0 aromatic carbocycles. The summed E-state index contributed by atoms with van der Waals surface area (Å²) in [5, 5.41) is 0. The molecular weight excluding hydrogens is 344 g/mol. The van der Waals surface area contributed by atoms with Crippen LogP contribution in [0.1, 0.15) is 36.2 Å². The molecule has 1 saturated heterocycles. The van der Waals surface area contributed by atoms with E-state index in [-0.39, 0.29) is 10.6 Å². The topological polar surface area (TPSA) is 88.7 Å². The third-order valence-electron chi connectivity index (χ3n) is 5.80. The van der Waals surface area contributed by atoms with E-state index in [2.05, 4.69) is 4.98 Å². The van der Waals surface area contributed by atoms with Gasteiger partial charge in [0, 0.05) is 19.3 Å². The zero-order chi connectivity index (χ0) is 17.4. The van der Waals surface area contributed by atoms with Crippen molar-refractivity contribution in [3.8, 4) is 0 Å². The average molecular weight is 368 g/mol. The monoisotopic (exact) mass is 368 g/mol. The van der Waals surface area contributed by atoms with Crippen molar-refractivity contribution in [2.45, 2.75) is 30.6 Å². The Hall–Kier alpha value is -1.38. The zero-order valence-electron chi connectivity index (χ0n) is 14.1. The highest BCUT2D eigenvalue weighted by atomic mass is 32.2. The highest BCUT2D eigenvalue weighted by Crippen LogP contribution is 2.48. The smallest absolute Gasteiger partial charge is 0.354 e. The second kappa shape index (κ2) is 6.74. The molecule has 1 aromatic heterocycles. The van der Waals surface area contributed by atoms with E-state index < -0.39 is 16.0 Å². The number of aromatic nitrogens is 1. The number of hydrogen-bond donors (Lipinski definition) is 1. The molecule has 25 heavy (non-hydrogen) atoms. The summed E-state index contributed by atoms with van der Waals surface area (Å²) in [5.74, 6) is 1.49. The first-order chi connectivity index (χ1) is 12.0. The van der Waals surface area contributed by atoms with Gasteiger partial charge in [0.2, 0.25) is 10.0 Å². The highest BCUT2D eigenvalue weighted by Gasteiger charge is 2.40. The number of fused-ring (bicyclic) bond motifs is 2. The van der Waals surface area contributed by atoms with Crippen LogP contribution < -0.4 is 0 Å². The van der Waals surface area contributed by atoms with Gasteiger partial charge in [0.05, 0.1) is 19.8 Å². The van der Waals surface area contributed by atoms with Gasteiger partial charge in [-0.25, -0.2) is 13.2 Å². The third kappa shape index (κ3) is 3.35. The Morgan fingerprint density at radius 3 is 2.76 bits per heavy atom.